The largest absolute Gasteiger partial charge is 0.459 e. The van der Waals surface area contributed by atoms with Crippen LogP contribution in [0, 0.1) is 0 Å². The standard InChI is InChI=1S/C23H39F7O2/c24-21(25,22(26,27)23(28,29)30)16-12-10-8-6-4-2-1-3-5-7-9-11-13-17-31-19-20-15-14-18-32-20/h20H,1-19H2. The summed E-state index contributed by atoms with van der Waals surface area (Å²) < 4.78 is 99.1. The number of ether oxygens (including phenoxy) is 2. The number of hydrogen-bond acceptors (Lipinski definition) is 2. The summed E-state index contributed by atoms with van der Waals surface area (Å²) in [6, 6.07) is 0. The number of alkyl halides is 7. The third-order valence-corrected chi connectivity index (χ3v) is 5.92. The minimum absolute atomic E-state index is 0.237. The second kappa shape index (κ2) is 15.4. The lowest BCUT2D eigenvalue weighted by atomic mass is 10.0. The van der Waals surface area contributed by atoms with Crippen LogP contribution in [0.5, 0.6) is 0 Å². The van der Waals surface area contributed by atoms with Crippen molar-refractivity contribution in [3.8, 4) is 0 Å². The highest BCUT2D eigenvalue weighted by atomic mass is 19.4. The third kappa shape index (κ3) is 11.5. The lowest BCUT2D eigenvalue weighted by Crippen LogP contribution is -2.51. The number of halogens is 7. The van der Waals surface area contributed by atoms with E-state index in [2.05, 4.69) is 0 Å². The molecule has 2 nitrogen and oxygen atoms in total. The molecule has 1 aliphatic rings. The van der Waals surface area contributed by atoms with Gasteiger partial charge in [-0.3, -0.25) is 0 Å². The smallest absolute Gasteiger partial charge is 0.379 e. The van der Waals surface area contributed by atoms with Gasteiger partial charge in [0.2, 0.25) is 0 Å². The maximum Gasteiger partial charge on any atom is 0.459 e. The number of hydrogen-bond donors (Lipinski definition) is 0. The van der Waals surface area contributed by atoms with Crippen molar-refractivity contribution in [1.29, 1.82) is 0 Å². The highest BCUT2D eigenvalue weighted by Crippen LogP contribution is 2.48. The van der Waals surface area contributed by atoms with Gasteiger partial charge in [-0.1, -0.05) is 70.6 Å². The first-order valence-electron chi connectivity index (χ1n) is 12.1. The van der Waals surface area contributed by atoms with Crippen molar-refractivity contribution in [3.05, 3.63) is 0 Å². The van der Waals surface area contributed by atoms with Crippen molar-refractivity contribution in [3.63, 3.8) is 0 Å². The summed E-state index contributed by atoms with van der Waals surface area (Å²) in [5.74, 6) is -11.0. The summed E-state index contributed by atoms with van der Waals surface area (Å²) in [7, 11) is 0. The van der Waals surface area contributed by atoms with E-state index in [-0.39, 0.29) is 18.9 Å². The summed E-state index contributed by atoms with van der Waals surface area (Å²) >= 11 is 0. The molecule has 1 aliphatic heterocycles. The molecular weight excluding hydrogens is 441 g/mol. The Morgan fingerprint density at radius 1 is 0.656 bits per heavy atom. The van der Waals surface area contributed by atoms with Crippen molar-refractivity contribution in [2.24, 2.45) is 0 Å². The lowest BCUT2D eigenvalue weighted by molar-refractivity contribution is -0.355. The predicted molar refractivity (Wildman–Crippen MR) is 110 cm³/mol. The quantitative estimate of drug-likeness (QED) is 0.136. The fraction of sp³-hybridized carbons (Fsp3) is 1.00. The minimum atomic E-state index is -6.23. The molecule has 0 radical (unpaired) electrons. The molecule has 0 saturated carbocycles. The van der Waals surface area contributed by atoms with Crippen LogP contribution in [-0.2, 0) is 9.47 Å². The van der Waals surface area contributed by atoms with Crippen molar-refractivity contribution in [1.82, 2.24) is 0 Å². The summed E-state index contributed by atoms with van der Waals surface area (Å²) in [6.45, 7) is 2.36. The van der Waals surface area contributed by atoms with Crippen LogP contribution in [0.15, 0.2) is 0 Å². The molecule has 0 N–H and O–H groups in total. The van der Waals surface area contributed by atoms with Gasteiger partial charge < -0.3 is 9.47 Å². The van der Waals surface area contributed by atoms with Gasteiger partial charge in [-0.25, -0.2) is 0 Å². The van der Waals surface area contributed by atoms with Crippen LogP contribution >= 0.6 is 0 Å². The van der Waals surface area contributed by atoms with Crippen LogP contribution in [-0.4, -0.2) is 43.9 Å². The zero-order valence-corrected chi connectivity index (χ0v) is 19.0. The number of unbranched alkanes of at least 4 members (excludes halogenated alkanes) is 12. The monoisotopic (exact) mass is 480 g/mol. The topological polar surface area (TPSA) is 18.5 Å². The molecular formula is C23H39F7O2. The summed E-state index contributed by atoms with van der Waals surface area (Å²) in [4.78, 5) is 0. The van der Waals surface area contributed by atoms with Gasteiger partial charge in [0.1, 0.15) is 0 Å². The lowest BCUT2D eigenvalue weighted by Gasteiger charge is -2.28. The van der Waals surface area contributed by atoms with Gasteiger partial charge in [0.25, 0.3) is 0 Å². The molecule has 1 atom stereocenters. The molecule has 0 aromatic heterocycles. The first-order valence-corrected chi connectivity index (χ1v) is 12.1. The normalized spacial score (nSPS) is 17.9. The molecule has 1 rings (SSSR count). The maximum atomic E-state index is 13.2. The number of rotatable bonds is 19. The Labute approximate surface area is 187 Å². The van der Waals surface area contributed by atoms with Crippen molar-refractivity contribution < 1.29 is 40.2 Å². The van der Waals surface area contributed by atoms with E-state index in [4.69, 9.17) is 9.47 Å². The minimum Gasteiger partial charge on any atom is -0.379 e. The Hall–Kier alpha value is -0.570. The zero-order chi connectivity index (χ0) is 23.9. The molecule has 0 bridgehead atoms. The Kier molecular flexibility index (Phi) is 14.1. The van der Waals surface area contributed by atoms with E-state index in [1.54, 1.807) is 0 Å². The molecule has 1 unspecified atom stereocenters. The average molecular weight is 481 g/mol. The van der Waals surface area contributed by atoms with E-state index in [1.807, 2.05) is 0 Å². The van der Waals surface area contributed by atoms with Crippen LogP contribution in [0.4, 0.5) is 30.7 Å². The highest BCUT2D eigenvalue weighted by molar-refractivity contribution is 4.90. The molecule has 0 spiro atoms. The molecule has 192 valence electrons. The van der Waals surface area contributed by atoms with Gasteiger partial charge in [0.15, 0.2) is 0 Å². The van der Waals surface area contributed by atoms with Crippen LogP contribution in [0.2, 0.25) is 0 Å². The molecule has 0 amide bonds. The van der Waals surface area contributed by atoms with Crippen molar-refractivity contribution in [2.75, 3.05) is 19.8 Å². The molecule has 9 heteroatoms. The molecule has 1 heterocycles. The highest BCUT2D eigenvalue weighted by Gasteiger charge is 2.72. The summed E-state index contributed by atoms with van der Waals surface area (Å²) in [5, 5.41) is 0. The average Bonchev–Trinajstić information content (AvgIpc) is 3.22. The van der Waals surface area contributed by atoms with Gasteiger partial charge in [-0.2, -0.15) is 30.7 Å². The first kappa shape index (κ1) is 29.5. The van der Waals surface area contributed by atoms with Crippen LogP contribution in [0.3, 0.4) is 0 Å². The third-order valence-electron chi connectivity index (χ3n) is 5.92. The van der Waals surface area contributed by atoms with E-state index in [9.17, 15) is 30.7 Å². The fourth-order valence-corrected chi connectivity index (χ4v) is 3.85. The predicted octanol–water partition coefficient (Wildman–Crippen LogP) is 8.48. The second-order valence-corrected chi connectivity index (χ2v) is 8.83. The molecule has 0 aromatic rings. The van der Waals surface area contributed by atoms with Crippen LogP contribution in [0.25, 0.3) is 0 Å². The van der Waals surface area contributed by atoms with Gasteiger partial charge >= 0.3 is 18.0 Å². The van der Waals surface area contributed by atoms with Gasteiger partial charge in [-0.05, 0) is 25.7 Å². The molecule has 1 saturated heterocycles. The van der Waals surface area contributed by atoms with Gasteiger partial charge in [-0.15, -0.1) is 0 Å². The van der Waals surface area contributed by atoms with Crippen molar-refractivity contribution in [2.45, 2.75) is 127 Å². The second-order valence-electron chi connectivity index (χ2n) is 8.83. The van der Waals surface area contributed by atoms with E-state index < -0.39 is 24.4 Å². The fourth-order valence-electron chi connectivity index (χ4n) is 3.85. The molecule has 32 heavy (non-hydrogen) atoms. The SMILES string of the molecule is FC(F)(F)C(F)(F)C(F)(F)CCCCCCCCCCCCCCCOCC1CCCO1. The Bertz CT molecular complexity index is 464. The first-order chi connectivity index (χ1) is 15.1. The Morgan fingerprint density at radius 3 is 1.56 bits per heavy atom. The molecule has 0 aliphatic carbocycles. The van der Waals surface area contributed by atoms with Crippen LogP contribution in [0.1, 0.15) is 103 Å². The molecule has 1 fully saturated rings. The van der Waals surface area contributed by atoms with E-state index in [0.717, 1.165) is 64.6 Å². The molecule has 0 aromatic carbocycles. The van der Waals surface area contributed by atoms with E-state index >= 15 is 0 Å². The Morgan fingerprint density at radius 2 is 1.12 bits per heavy atom. The Balaban J connectivity index is 1.82. The van der Waals surface area contributed by atoms with Crippen LogP contribution < -0.4 is 0 Å². The van der Waals surface area contributed by atoms with Crippen molar-refractivity contribution >= 4 is 0 Å². The van der Waals surface area contributed by atoms with Gasteiger partial charge in [0, 0.05) is 19.6 Å². The summed E-state index contributed by atoms with van der Waals surface area (Å²) in [5.41, 5.74) is 0. The van der Waals surface area contributed by atoms with E-state index in [1.165, 1.54) is 25.7 Å². The summed E-state index contributed by atoms with van der Waals surface area (Å²) in [6.07, 6.45) is 6.13. The van der Waals surface area contributed by atoms with E-state index in [0.29, 0.717) is 13.0 Å². The zero-order valence-electron chi connectivity index (χ0n) is 19.0. The maximum absolute atomic E-state index is 13.2. The van der Waals surface area contributed by atoms with Gasteiger partial charge in [0.05, 0.1) is 12.7 Å².